The molecule has 0 aliphatic carbocycles. The van der Waals surface area contributed by atoms with Crippen molar-refractivity contribution in [3.63, 3.8) is 0 Å². The summed E-state index contributed by atoms with van der Waals surface area (Å²) in [6.45, 7) is 3.64. The van der Waals surface area contributed by atoms with Gasteiger partial charge in [-0.15, -0.1) is 0 Å². The van der Waals surface area contributed by atoms with Gasteiger partial charge in [0.2, 0.25) is 0 Å². The number of nitrogens with zero attached hydrogens (tertiary/aromatic N) is 1. The number of aromatic nitrogens is 2. The van der Waals surface area contributed by atoms with Crippen LogP contribution in [0.5, 0.6) is 0 Å². The fourth-order valence-corrected chi connectivity index (χ4v) is 2.29. The largest absolute Gasteiger partial charge is 0.394 e. The maximum Gasteiger partial charge on any atom is 0.315 e. The number of nitrogens with one attached hydrogen (secondary N) is 3. The number of halogens is 2. The molecule has 0 fully saturated rings. The Morgan fingerprint density at radius 2 is 2.22 bits per heavy atom. The summed E-state index contributed by atoms with van der Waals surface area (Å²) in [4.78, 5) is 12.0. The summed E-state index contributed by atoms with van der Waals surface area (Å²) < 4.78 is 13.5. The number of rotatable bonds is 5. The SMILES string of the molecule is Cc1n[nH]c(C)c1CNC(=O)NC(CO)c1ccc(Cl)c(F)c1. The van der Waals surface area contributed by atoms with E-state index in [0.29, 0.717) is 12.1 Å². The monoisotopic (exact) mass is 340 g/mol. The zero-order valence-electron chi connectivity index (χ0n) is 12.8. The summed E-state index contributed by atoms with van der Waals surface area (Å²) in [7, 11) is 0. The Morgan fingerprint density at radius 3 is 2.78 bits per heavy atom. The molecule has 0 saturated carbocycles. The normalized spacial score (nSPS) is 12.0. The molecule has 1 atom stereocenters. The Bertz CT molecular complexity index is 685. The molecule has 2 amide bonds. The fraction of sp³-hybridized carbons (Fsp3) is 0.333. The number of urea groups is 1. The standard InChI is InChI=1S/C15H18ClFN4O2/c1-8-11(9(2)21-20-8)6-18-15(23)19-14(7-22)10-3-4-12(16)13(17)5-10/h3-5,14,22H,6-7H2,1-2H3,(H,20,21)(H2,18,19,23). The second-order valence-corrected chi connectivity index (χ2v) is 5.56. The third kappa shape index (κ3) is 4.20. The summed E-state index contributed by atoms with van der Waals surface area (Å²) in [5, 5.41) is 21.6. The molecule has 2 aromatic rings. The van der Waals surface area contributed by atoms with Crippen molar-refractivity contribution < 1.29 is 14.3 Å². The molecule has 8 heteroatoms. The van der Waals surface area contributed by atoms with E-state index in [1.54, 1.807) is 6.07 Å². The molecule has 1 aromatic heterocycles. The summed E-state index contributed by atoms with van der Waals surface area (Å²) >= 11 is 5.62. The van der Waals surface area contributed by atoms with Gasteiger partial charge in [-0.2, -0.15) is 5.10 Å². The number of H-pyrrole nitrogens is 1. The Labute approximate surface area is 138 Å². The summed E-state index contributed by atoms with van der Waals surface area (Å²) in [5.74, 6) is -0.602. The molecule has 0 aliphatic heterocycles. The van der Waals surface area contributed by atoms with E-state index in [9.17, 15) is 14.3 Å². The number of carbonyl (C=O) groups is 1. The van der Waals surface area contributed by atoms with Crippen molar-refractivity contribution in [2.45, 2.75) is 26.4 Å². The van der Waals surface area contributed by atoms with Gasteiger partial charge in [0.15, 0.2) is 0 Å². The Kier molecular flexibility index (Phi) is 5.57. The molecule has 23 heavy (non-hydrogen) atoms. The van der Waals surface area contributed by atoms with Crippen LogP contribution < -0.4 is 10.6 Å². The first-order valence-corrected chi connectivity index (χ1v) is 7.40. The lowest BCUT2D eigenvalue weighted by Crippen LogP contribution is -2.39. The van der Waals surface area contributed by atoms with Crippen LogP contribution in [-0.2, 0) is 6.54 Å². The quantitative estimate of drug-likeness (QED) is 0.673. The van der Waals surface area contributed by atoms with Gasteiger partial charge in [0.05, 0.1) is 23.4 Å². The lowest BCUT2D eigenvalue weighted by Gasteiger charge is -2.17. The van der Waals surface area contributed by atoms with Crippen LogP contribution in [0.25, 0.3) is 0 Å². The number of aliphatic hydroxyl groups is 1. The van der Waals surface area contributed by atoms with Gasteiger partial charge in [0, 0.05) is 17.8 Å². The van der Waals surface area contributed by atoms with Crippen LogP contribution in [0.4, 0.5) is 9.18 Å². The zero-order valence-corrected chi connectivity index (χ0v) is 13.5. The summed E-state index contributed by atoms with van der Waals surface area (Å²) in [5.41, 5.74) is 3.01. The molecule has 0 radical (unpaired) electrons. The van der Waals surface area contributed by atoms with Gasteiger partial charge >= 0.3 is 6.03 Å². The topological polar surface area (TPSA) is 90.0 Å². The third-order valence-electron chi connectivity index (χ3n) is 3.54. The predicted octanol–water partition coefficient (Wildman–Crippen LogP) is 2.35. The number of aliphatic hydroxyl groups excluding tert-OH is 1. The molecular formula is C15H18ClFN4O2. The smallest absolute Gasteiger partial charge is 0.315 e. The molecule has 6 nitrogen and oxygen atoms in total. The zero-order chi connectivity index (χ0) is 17.0. The van der Waals surface area contributed by atoms with E-state index in [4.69, 9.17) is 11.6 Å². The highest BCUT2D eigenvalue weighted by atomic mass is 35.5. The van der Waals surface area contributed by atoms with E-state index in [-0.39, 0.29) is 11.6 Å². The number of aromatic amines is 1. The molecular weight excluding hydrogens is 323 g/mol. The van der Waals surface area contributed by atoms with Crippen LogP contribution >= 0.6 is 11.6 Å². The van der Waals surface area contributed by atoms with Crippen molar-refractivity contribution in [2.75, 3.05) is 6.61 Å². The first-order chi connectivity index (χ1) is 10.9. The molecule has 0 aliphatic rings. The minimum Gasteiger partial charge on any atom is -0.394 e. The van der Waals surface area contributed by atoms with Crippen LogP contribution in [0.2, 0.25) is 5.02 Å². The fourth-order valence-electron chi connectivity index (χ4n) is 2.18. The molecule has 0 saturated heterocycles. The maximum atomic E-state index is 13.5. The van der Waals surface area contributed by atoms with E-state index >= 15 is 0 Å². The maximum absolute atomic E-state index is 13.5. The number of hydrogen-bond donors (Lipinski definition) is 4. The molecule has 0 spiro atoms. The Morgan fingerprint density at radius 1 is 1.48 bits per heavy atom. The minimum absolute atomic E-state index is 0.0131. The van der Waals surface area contributed by atoms with Gasteiger partial charge in [-0.05, 0) is 31.5 Å². The Hall–Kier alpha value is -2.12. The van der Waals surface area contributed by atoms with E-state index in [1.165, 1.54) is 12.1 Å². The molecule has 0 bridgehead atoms. The molecule has 1 aromatic carbocycles. The van der Waals surface area contributed by atoms with Crippen LogP contribution in [0.3, 0.4) is 0 Å². The minimum atomic E-state index is -0.728. The van der Waals surface area contributed by atoms with Crippen molar-refractivity contribution in [2.24, 2.45) is 0 Å². The van der Waals surface area contributed by atoms with Crippen LogP contribution in [0.1, 0.15) is 28.6 Å². The van der Waals surface area contributed by atoms with Crippen molar-refractivity contribution >= 4 is 17.6 Å². The highest BCUT2D eigenvalue weighted by molar-refractivity contribution is 6.30. The highest BCUT2D eigenvalue weighted by Crippen LogP contribution is 2.20. The van der Waals surface area contributed by atoms with Gasteiger partial charge in [0.1, 0.15) is 5.82 Å². The van der Waals surface area contributed by atoms with E-state index < -0.39 is 17.9 Å². The summed E-state index contributed by atoms with van der Waals surface area (Å²) in [6, 6.07) is 2.92. The molecule has 1 unspecified atom stereocenters. The van der Waals surface area contributed by atoms with Gasteiger partial charge in [-0.25, -0.2) is 9.18 Å². The summed E-state index contributed by atoms with van der Waals surface area (Å²) in [6.07, 6.45) is 0. The highest BCUT2D eigenvalue weighted by Gasteiger charge is 2.16. The van der Waals surface area contributed by atoms with Crippen LogP contribution in [-0.4, -0.2) is 27.9 Å². The Balaban J connectivity index is 1.98. The average molecular weight is 341 g/mol. The third-order valence-corrected chi connectivity index (χ3v) is 3.85. The molecule has 4 N–H and O–H groups in total. The van der Waals surface area contributed by atoms with Crippen molar-refractivity contribution in [1.82, 2.24) is 20.8 Å². The average Bonchev–Trinajstić information content (AvgIpc) is 2.84. The molecule has 2 rings (SSSR count). The molecule has 124 valence electrons. The van der Waals surface area contributed by atoms with Gasteiger partial charge < -0.3 is 15.7 Å². The number of hydrogen-bond acceptors (Lipinski definition) is 3. The number of amides is 2. The lowest BCUT2D eigenvalue weighted by atomic mass is 10.1. The molecule has 1 heterocycles. The van der Waals surface area contributed by atoms with E-state index in [1.807, 2.05) is 13.8 Å². The first kappa shape index (κ1) is 17.2. The van der Waals surface area contributed by atoms with Crippen LogP contribution in [0, 0.1) is 19.7 Å². The number of benzene rings is 1. The van der Waals surface area contributed by atoms with Gasteiger partial charge in [-0.1, -0.05) is 17.7 Å². The second kappa shape index (κ2) is 7.43. The van der Waals surface area contributed by atoms with Crippen LogP contribution in [0.15, 0.2) is 18.2 Å². The van der Waals surface area contributed by atoms with Crippen molar-refractivity contribution in [3.05, 3.63) is 51.6 Å². The first-order valence-electron chi connectivity index (χ1n) is 7.03. The van der Waals surface area contributed by atoms with Gasteiger partial charge in [-0.3, -0.25) is 5.10 Å². The predicted molar refractivity (Wildman–Crippen MR) is 84.7 cm³/mol. The lowest BCUT2D eigenvalue weighted by molar-refractivity contribution is 0.216. The number of carbonyl (C=O) groups excluding carboxylic acids is 1. The van der Waals surface area contributed by atoms with E-state index in [0.717, 1.165) is 17.0 Å². The van der Waals surface area contributed by atoms with Gasteiger partial charge in [0.25, 0.3) is 0 Å². The number of aryl methyl sites for hydroxylation is 2. The second-order valence-electron chi connectivity index (χ2n) is 5.15. The van der Waals surface area contributed by atoms with E-state index in [2.05, 4.69) is 20.8 Å². The van der Waals surface area contributed by atoms with Crippen molar-refractivity contribution in [3.8, 4) is 0 Å². The van der Waals surface area contributed by atoms with Crippen molar-refractivity contribution in [1.29, 1.82) is 0 Å².